The molecular weight excluding hydrogens is 424 g/mol. The minimum atomic E-state index is -0.642. The van der Waals surface area contributed by atoms with Gasteiger partial charge in [-0.15, -0.1) is 0 Å². The lowest BCUT2D eigenvalue weighted by molar-refractivity contribution is -0.139. The Morgan fingerprint density at radius 3 is 2.53 bits per heavy atom. The third kappa shape index (κ3) is 5.25. The van der Waals surface area contributed by atoms with Gasteiger partial charge in [-0.3, -0.25) is 14.5 Å². The molecule has 0 aliphatic carbocycles. The van der Waals surface area contributed by atoms with Gasteiger partial charge in [0.05, 0.1) is 6.04 Å². The molecule has 0 aromatic heterocycles. The first-order valence-electron chi connectivity index (χ1n) is 11.4. The van der Waals surface area contributed by atoms with Gasteiger partial charge in [-0.05, 0) is 67.6 Å². The number of benzene rings is 2. The van der Waals surface area contributed by atoms with Crippen molar-refractivity contribution in [1.29, 1.82) is 0 Å². The lowest BCUT2D eigenvalue weighted by Gasteiger charge is -2.31. The average Bonchev–Trinajstić information content (AvgIpc) is 3.33. The van der Waals surface area contributed by atoms with Crippen molar-refractivity contribution in [2.75, 3.05) is 38.1 Å². The van der Waals surface area contributed by atoms with Gasteiger partial charge in [0.2, 0.25) is 0 Å². The molecule has 32 heavy (non-hydrogen) atoms. The van der Waals surface area contributed by atoms with Gasteiger partial charge < -0.3 is 15.5 Å². The zero-order chi connectivity index (χ0) is 22.5. The van der Waals surface area contributed by atoms with Crippen molar-refractivity contribution in [3.8, 4) is 0 Å². The van der Waals surface area contributed by atoms with Crippen LogP contribution in [0.1, 0.15) is 42.0 Å². The van der Waals surface area contributed by atoms with Gasteiger partial charge in [0.15, 0.2) is 0 Å². The summed E-state index contributed by atoms with van der Waals surface area (Å²) in [5.74, 6) is -1.25. The molecule has 0 unspecified atom stereocenters. The summed E-state index contributed by atoms with van der Waals surface area (Å²) in [7, 11) is 2.14. The topological polar surface area (TPSA) is 64.7 Å². The fourth-order valence-corrected chi connectivity index (χ4v) is 4.89. The fraction of sp³-hybridized carbons (Fsp3) is 0.440. The van der Waals surface area contributed by atoms with Gasteiger partial charge in [0, 0.05) is 37.4 Å². The largest absolute Gasteiger partial charge is 0.374 e. The second-order valence-electron chi connectivity index (χ2n) is 8.66. The molecule has 4 rings (SSSR count). The predicted molar refractivity (Wildman–Crippen MR) is 128 cm³/mol. The van der Waals surface area contributed by atoms with E-state index in [1.165, 1.54) is 16.8 Å². The summed E-state index contributed by atoms with van der Waals surface area (Å²) in [4.78, 5) is 29.6. The zero-order valence-corrected chi connectivity index (χ0v) is 19.3. The smallest absolute Gasteiger partial charge is 0.309 e. The predicted octanol–water partition coefficient (Wildman–Crippen LogP) is 3.29. The number of carbonyl (C=O) groups is 2. The van der Waals surface area contributed by atoms with Crippen LogP contribution in [0.5, 0.6) is 0 Å². The number of rotatable bonds is 6. The Balaban J connectivity index is 1.40. The number of halogens is 1. The Bertz CT molecular complexity index is 974. The molecule has 0 spiro atoms. The molecule has 170 valence electrons. The Labute approximate surface area is 194 Å². The molecule has 7 heteroatoms. The molecule has 0 bridgehead atoms. The van der Waals surface area contributed by atoms with E-state index in [0.29, 0.717) is 11.6 Å². The molecule has 2 N–H and O–H groups in total. The fourth-order valence-electron chi connectivity index (χ4n) is 4.69. The summed E-state index contributed by atoms with van der Waals surface area (Å²) in [6.07, 6.45) is 4.56. The number of likely N-dealkylation sites (tertiary alicyclic amines) is 1. The van der Waals surface area contributed by atoms with Crippen LogP contribution in [0.15, 0.2) is 42.5 Å². The molecule has 2 aliphatic heterocycles. The van der Waals surface area contributed by atoms with Gasteiger partial charge in [0.1, 0.15) is 0 Å². The number of nitrogens with zero attached hydrogens (tertiary/aromatic N) is 2. The average molecular weight is 455 g/mol. The molecule has 2 amide bonds. The molecule has 2 aliphatic rings. The highest BCUT2D eigenvalue weighted by Gasteiger charge is 2.26. The highest BCUT2D eigenvalue weighted by Crippen LogP contribution is 2.31. The van der Waals surface area contributed by atoms with Crippen LogP contribution in [-0.2, 0) is 22.6 Å². The number of amides is 2. The highest BCUT2D eigenvalue weighted by atomic mass is 35.5. The van der Waals surface area contributed by atoms with E-state index < -0.39 is 11.8 Å². The molecule has 6 nitrogen and oxygen atoms in total. The number of aryl methyl sites for hydroxylation is 1. The minimum Gasteiger partial charge on any atom is -0.374 e. The Morgan fingerprint density at radius 2 is 1.75 bits per heavy atom. The van der Waals surface area contributed by atoms with Crippen molar-refractivity contribution in [3.63, 3.8) is 0 Å². The summed E-state index contributed by atoms with van der Waals surface area (Å²) in [5, 5.41) is 6.10. The summed E-state index contributed by atoms with van der Waals surface area (Å²) in [6.45, 7) is 3.74. The molecule has 0 saturated carbocycles. The van der Waals surface area contributed by atoms with Gasteiger partial charge in [0.25, 0.3) is 0 Å². The number of nitrogens with one attached hydrogen (secondary N) is 2. The van der Waals surface area contributed by atoms with Crippen LogP contribution in [0.2, 0.25) is 5.02 Å². The number of hydrogen-bond donors (Lipinski definition) is 2. The van der Waals surface area contributed by atoms with Crippen molar-refractivity contribution in [2.45, 2.75) is 38.3 Å². The van der Waals surface area contributed by atoms with E-state index in [4.69, 9.17) is 11.6 Å². The van der Waals surface area contributed by atoms with Gasteiger partial charge in [-0.1, -0.05) is 41.9 Å². The first kappa shape index (κ1) is 22.6. The van der Waals surface area contributed by atoms with Crippen LogP contribution in [-0.4, -0.2) is 49.9 Å². The second-order valence-corrected chi connectivity index (χ2v) is 9.06. The third-order valence-electron chi connectivity index (χ3n) is 6.48. The molecule has 1 atom stereocenters. The molecule has 2 aromatic rings. The van der Waals surface area contributed by atoms with Crippen molar-refractivity contribution in [2.24, 2.45) is 0 Å². The van der Waals surface area contributed by atoms with Crippen LogP contribution in [0, 0.1) is 0 Å². The maximum absolute atomic E-state index is 12.5. The molecule has 1 saturated heterocycles. The van der Waals surface area contributed by atoms with Crippen LogP contribution in [0.3, 0.4) is 0 Å². The van der Waals surface area contributed by atoms with Crippen molar-refractivity contribution in [1.82, 2.24) is 15.5 Å². The monoisotopic (exact) mass is 454 g/mol. The lowest BCUT2D eigenvalue weighted by atomic mass is 9.96. The summed E-state index contributed by atoms with van der Waals surface area (Å²) < 4.78 is 0. The lowest BCUT2D eigenvalue weighted by Crippen LogP contribution is -2.43. The van der Waals surface area contributed by atoms with Crippen LogP contribution >= 0.6 is 11.6 Å². The van der Waals surface area contributed by atoms with Crippen LogP contribution < -0.4 is 15.5 Å². The maximum Gasteiger partial charge on any atom is 0.309 e. The number of anilines is 1. The second kappa shape index (κ2) is 10.4. The van der Waals surface area contributed by atoms with Gasteiger partial charge in [-0.25, -0.2) is 0 Å². The highest BCUT2D eigenvalue weighted by molar-refractivity contribution is 6.35. The van der Waals surface area contributed by atoms with Crippen LogP contribution in [0.25, 0.3) is 0 Å². The van der Waals surface area contributed by atoms with E-state index in [2.05, 4.69) is 45.7 Å². The minimum absolute atomic E-state index is 0.0651. The molecule has 1 fully saturated rings. The first-order chi connectivity index (χ1) is 15.5. The van der Waals surface area contributed by atoms with E-state index in [9.17, 15) is 9.59 Å². The number of fused-ring (bicyclic) bond motifs is 1. The Kier molecular flexibility index (Phi) is 7.33. The molecule has 0 radical (unpaired) electrons. The van der Waals surface area contributed by atoms with Crippen molar-refractivity contribution >= 4 is 29.1 Å². The van der Waals surface area contributed by atoms with Gasteiger partial charge >= 0.3 is 11.8 Å². The summed E-state index contributed by atoms with van der Waals surface area (Å²) in [5.41, 5.74) is 4.65. The first-order valence-corrected chi connectivity index (χ1v) is 11.8. The maximum atomic E-state index is 12.5. The molecule has 2 heterocycles. The van der Waals surface area contributed by atoms with E-state index >= 15 is 0 Å². The summed E-state index contributed by atoms with van der Waals surface area (Å²) in [6, 6.07) is 14.0. The molecular formula is C25H31ClN4O2. The van der Waals surface area contributed by atoms with Crippen molar-refractivity contribution < 1.29 is 9.59 Å². The van der Waals surface area contributed by atoms with Gasteiger partial charge in [-0.2, -0.15) is 0 Å². The Hall–Kier alpha value is -2.57. The number of carbonyl (C=O) groups excluding carboxylic acids is 2. The Morgan fingerprint density at radius 1 is 1.00 bits per heavy atom. The van der Waals surface area contributed by atoms with E-state index in [1.807, 2.05) is 18.2 Å². The standard InChI is InChI=1S/C25H31ClN4O2/c1-29-12-6-8-18-15-19(10-11-22(18)29)23(30-13-4-5-14-30)17-28-25(32)24(31)27-16-20-7-2-3-9-21(20)26/h2-3,7,9-11,15,23H,4-6,8,12-14,16-17H2,1H3,(H,27,31)(H,28,32)/t23-/m0/s1. The third-order valence-corrected chi connectivity index (χ3v) is 6.85. The normalized spacial score (nSPS) is 17.0. The number of hydrogen-bond acceptors (Lipinski definition) is 4. The SMILES string of the molecule is CN1CCCc2cc([C@H](CNC(=O)C(=O)NCc3ccccc3Cl)N3CCCC3)ccc21. The summed E-state index contributed by atoms with van der Waals surface area (Å²) >= 11 is 6.13. The zero-order valence-electron chi connectivity index (χ0n) is 18.6. The molecule has 2 aromatic carbocycles. The van der Waals surface area contributed by atoms with E-state index in [0.717, 1.165) is 50.9 Å². The van der Waals surface area contributed by atoms with Crippen LogP contribution in [0.4, 0.5) is 5.69 Å². The van der Waals surface area contributed by atoms with Crippen molar-refractivity contribution in [3.05, 3.63) is 64.2 Å². The quantitative estimate of drug-likeness (QED) is 0.657. The van der Waals surface area contributed by atoms with E-state index in [1.54, 1.807) is 6.07 Å². The van der Waals surface area contributed by atoms with E-state index in [-0.39, 0.29) is 12.6 Å².